The van der Waals surface area contributed by atoms with Gasteiger partial charge < -0.3 is 14.6 Å². The van der Waals surface area contributed by atoms with Crippen molar-refractivity contribution in [1.82, 2.24) is 0 Å². The van der Waals surface area contributed by atoms with Gasteiger partial charge in [-0.05, 0) is 0 Å². The van der Waals surface area contributed by atoms with Crippen LogP contribution in [0.4, 0.5) is 13.2 Å². The molecule has 4 nitrogen and oxygen atoms in total. The summed E-state index contributed by atoms with van der Waals surface area (Å²) in [4.78, 5) is 10.0. The maximum atomic E-state index is 11.2. The maximum absolute atomic E-state index is 11.2. The van der Waals surface area contributed by atoms with Crippen LogP contribution in [0.2, 0.25) is 0 Å². The molecule has 0 aromatic heterocycles. The second kappa shape index (κ2) is 4.14. The van der Waals surface area contributed by atoms with Gasteiger partial charge in [0.1, 0.15) is 13.4 Å². The maximum Gasteiger partial charge on any atom is 0.575 e. The number of esters is 1. The van der Waals surface area contributed by atoms with Gasteiger partial charge in [-0.3, -0.25) is 0 Å². The lowest BCUT2D eigenvalue weighted by atomic mass is 10.7. The number of alkyl halides is 3. The van der Waals surface area contributed by atoms with Gasteiger partial charge in [-0.25, -0.2) is 4.79 Å². The molecule has 0 saturated heterocycles. The Hall–Kier alpha value is -0.820. The summed E-state index contributed by atoms with van der Waals surface area (Å²) in [7, 11) is 0. The van der Waals surface area contributed by atoms with Crippen LogP contribution in [0.1, 0.15) is 0 Å². The van der Waals surface area contributed by atoms with Gasteiger partial charge in [0.05, 0.1) is 0 Å². The van der Waals surface area contributed by atoms with Crippen molar-refractivity contribution in [2.45, 2.75) is 6.36 Å². The van der Waals surface area contributed by atoms with Crippen LogP contribution >= 0.6 is 0 Å². The van der Waals surface area contributed by atoms with E-state index in [-0.39, 0.29) is 0 Å². The highest BCUT2D eigenvalue weighted by molar-refractivity contribution is 5.70. The number of hydrogen-bond donors (Lipinski definition) is 1. The number of ether oxygens (including phenoxy) is 2. The first-order valence-electron chi connectivity index (χ1n) is 2.43. The quantitative estimate of drug-likeness (QED) is 0.484. The fourth-order valence-corrected chi connectivity index (χ4v) is 0.288. The summed E-state index contributed by atoms with van der Waals surface area (Å²) in [5.41, 5.74) is 0. The van der Waals surface area contributed by atoms with E-state index < -0.39 is 25.7 Å². The minimum Gasteiger partial charge on any atom is -0.371 e. The van der Waals surface area contributed by atoms with E-state index in [4.69, 9.17) is 5.11 Å². The van der Waals surface area contributed by atoms with E-state index in [9.17, 15) is 18.0 Å². The number of halogens is 3. The van der Waals surface area contributed by atoms with Crippen molar-refractivity contribution < 1.29 is 32.5 Å². The number of aliphatic hydroxyl groups is 1. The van der Waals surface area contributed by atoms with E-state index >= 15 is 0 Å². The number of hydrogen-bond acceptors (Lipinski definition) is 4. The number of carbonyl (C=O) groups is 1. The number of rotatable bonds is 3. The lowest BCUT2D eigenvalue weighted by Gasteiger charge is -2.05. The summed E-state index contributed by atoms with van der Waals surface area (Å²) in [6.07, 6.45) is -4.99. The Morgan fingerprint density at radius 3 is 2.36 bits per heavy atom. The topological polar surface area (TPSA) is 55.8 Å². The Morgan fingerprint density at radius 1 is 1.45 bits per heavy atom. The van der Waals surface area contributed by atoms with Crippen LogP contribution in [-0.2, 0) is 14.3 Å². The molecule has 0 aromatic rings. The smallest absolute Gasteiger partial charge is 0.371 e. The first kappa shape index (κ1) is 10.2. The Labute approximate surface area is 59.5 Å². The summed E-state index contributed by atoms with van der Waals surface area (Å²) in [5.74, 6) is -1.59. The molecule has 0 aromatic carbocycles. The van der Waals surface area contributed by atoms with E-state index in [1.807, 2.05) is 0 Å². The van der Waals surface area contributed by atoms with Gasteiger partial charge >= 0.3 is 12.3 Å². The van der Waals surface area contributed by atoms with Crippen LogP contribution in [0.15, 0.2) is 0 Å². The lowest BCUT2D eigenvalue weighted by molar-refractivity contribution is -0.307. The largest absolute Gasteiger partial charge is 0.575 e. The SMILES string of the molecule is O=C(COCO)OC(F)(F)F. The van der Waals surface area contributed by atoms with Crippen molar-refractivity contribution in [3.05, 3.63) is 0 Å². The van der Waals surface area contributed by atoms with E-state index in [1.165, 1.54) is 0 Å². The Bertz CT molecular complexity index is 132. The highest BCUT2D eigenvalue weighted by Gasteiger charge is 2.33. The van der Waals surface area contributed by atoms with Crippen molar-refractivity contribution in [3.8, 4) is 0 Å². The van der Waals surface area contributed by atoms with Crippen LogP contribution < -0.4 is 0 Å². The third-order valence-electron chi connectivity index (χ3n) is 0.541. The second-order valence-corrected chi connectivity index (χ2v) is 1.40. The molecule has 0 aliphatic carbocycles. The first-order chi connectivity index (χ1) is 4.95. The third kappa shape index (κ3) is 7.07. The van der Waals surface area contributed by atoms with E-state index in [2.05, 4.69) is 9.47 Å². The van der Waals surface area contributed by atoms with Crippen LogP contribution in [0.25, 0.3) is 0 Å². The minimum absolute atomic E-state index is 0.826. The molecule has 0 amide bonds. The molecule has 0 radical (unpaired) electrons. The van der Waals surface area contributed by atoms with Crippen LogP contribution in [0.3, 0.4) is 0 Å². The van der Waals surface area contributed by atoms with Gasteiger partial charge in [0.2, 0.25) is 0 Å². The van der Waals surface area contributed by atoms with Gasteiger partial charge in [0.25, 0.3) is 0 Å². The molecular weight excluding hydrogens is 169 g/mol. The van der Waals surface area contributed by atoms with Crippen molar-refractivity contribution in [1.29, 1.82) is 0 Å². The van der Waals surface area contributed by atoms with Crippen molar-refractivity contribution in [3.63, 3.8) is 0 Å². The molecule has 0 heterocycles. The number of carbonyl (C=O) groups excluding carboxylic acids is 1. The molecule has 0 rings (SSSR count). The molecule has 0 fully saturated rings. The molecule has 0 saturated carbocycles. The predicted molar refractivity (Wildman–Crippen MR) is 25.2 cm³/mol. The van der Waals surface area contributed by atoms with Gasteiger partial charge in [-0.2, -0.15) is 0 Å². The Kier molecular flexibility index (Phi) is 3.83. The van der Waals surface area contributed by atoms with Gasteiger partial charge in [0, 0.05) is 0 Å². The standard InChI is InChI=1S/C4H5F3O4/c5-4(6,7)11-3(9)1-10-2-8/h8H,1-2H2. The molecule has 0 unspecified atom stereocenters. The van der Waals surface area contributed by atoms with Crippen LogP contribution in [0, 0.1) is 0 Å². The van der Waals surface area contributed by atoms with Gasteiger partial charge in [0.15, 0.2) is 0 Å². The zero-order valence-electron chi connectivity index (χ0n) is 5.22. The minimum atomic E-state index is -4.99. The summed E-state index contributed by atoms with van der Waals surface area (Å²) in [5, 5.41) is 7.90. The summed E-state index contributed by atoms with van der Waals surface area (Å²) in [6, 6.07) is 0. The van der Waals surface area contributed by atoms with Crippen LogP contribution in [-0.4, -0.2) is 30.8 Å². The first-order valence-corrected chi connectivity index (χ1v) is 2.43. The molecule has 0 bridgehead atoms. The van der Waals surface area contributed by atoms with E-state index in [0.29, 0.717) is 0 Å². The molecule has 0 aliphatic heterocycles. The Morgan fingerprint density at radius 2 is 2.00 bits per heavy atom. The van der Waals surface area contributed by atoms with Crippen LogP contribution in [0.5, 0.6) is 0 Å². The summed E-state index contributed by atoms with van der Waals surface area (Å²) >= 11 is 0. The summed E-state index contributed by atoms with van der Waals surface area (Å²) < 4.78 is 40.3. The second-order valence-electron chi connectivity index (χ2n) is 1.40. The van der Waals surface area contributed by atoms with Crippen molar-refractivity contribution in [2.24, 2.45) is 0 Å². The predicted octanol–water partition coefficient (Wildman–Crippen LogP) is 0.0158. The molecule has 0 aliphatic rings. The zero-order chi connectivity index (χ0) is 8.91. The van der Waals surface area contributed by atoms with E-state index in [1.54, 1.807) is 0 Å². The molecule has 0 spiro atoms. The lowest BCUT2D eigenvalue weighted by Crippen LogP contribution is -2.23. The fraction of sp³-hybridized carbons (Fsp3) is 0.750. The van der Waals surface area contributed by atoms with Crippen molar-refractivity contribution >= 4 is 5.97 Å². The average Bonchev–Trinajstić information content (AvgIpc) is 1.79. The molecule has 7 heteroatoms. The van der Waals surface area contributed by atoms with E-state index in [0.717, 1.165) is 0 Å². The summed E-state index contributed by atoms with van der Waals surface area (Å²) in [6.45, 7) is -1.75. The number of aliphatic hydroxyl groups excluding tert-OH is 1. The van der Waals surface area contributed by atoms with Crippen molar-refractivity contribution in [2.75, 3.05) is 13.4 Å². The Balaban J connectivity index is 3.53. The normalized spacial score (nSPS) is 11.3. The molecule has 11 heavy (non-hydrogen) atoms. The van der Waals surface area contributed by atoms with Gasteiger partial charge in [-0.1, -0.05) is 0 Å². The molecule has 66 valence electrons. The third-order valence-corrected chi connectivity index (χ3v) is 0.541. The highest BCUT2D eigenvalue weighted by Crippen LogP contribution is 2.15. The average molecular weight is 174 g/mol. The fourth-order valence-electron chi connectivity index (χ4n) is 0.288. The monoisotopic (exact) mass is 174 g/mol. The van der Waals surface area contributed by atoms with Gasteiger partial charge in [-0.15, -0.1) is 13.2 Å². The molecular formula is C4H5F3O4. The highest BCUT2D eigenvalue weighted by atomic mass is 19.4. The molecule has 1 N–H and O–H groups in total. The zero-order valence-corrected chi connectivity index (χ0v) is 5.22. The molecule has 0 atom stereocenters.